The quantitative estimate of drug-likeness (QED) is 0.121. The number of phenolic OH excluding ortho intramolecular Hbond substituents is 2. The van der Waals surface area contributed by atoms with Gasteiger partial charge in [-0.25, -0.2) is 4.39 Å². The van der Waals surface area contributed by atoms with E-state index in [2.05, 4.69) is 48.4 Å². The first-order chi connectivity index (χ1) is 30.9. The van der Waals surface area contributed by atoms with Crippen molar-refractivity contribution in [3.63, 3.8) is 0 Å². The number of para-hydroxylation sites is 2. The van der Waals surface area contributed by atoms with Gasteiger partial charge in [-0.05, 0) is 124 Å². The lowest BCUT2D eigenvalue weighted by atomic mass is 9.91. The largest absolute Gasteiger partial charge is 0.507 e. The van der Waals surface area contributed by atoms with Gasteiger partial charge < -0.3 is 20.0 Å². The summed E-state index contributed by atoms with van der Waals surface area (Å²) in [5.41, 5.74) is 10.4. The summed E-state index contributed by atoms with van der Waals surface area (Å²) in [6.07, 6.45) is 12.1. The SMILES string of the molecule is C=C(C=CC(=C)N(c1ccccc1)c1c(F)cc(-c2ccccc2)cc1-c1ccccc1)c1cccc2c(-c3ccc(N(C4=CCCC=C4)c4ccccc4)cc3O)ccc(O)c12. The molecule has 0 aliphatic heterocycles. The van der Waals surface area contributed by atoms with Crippen LogP contribution in [0, 0.1) is 5.82 Å². The fourth-order valence-corrected chi connectivity index (χ4v) is 8.41. The zero-order chi connectivity index (χ0) is 43.3. The highest BCUT2D eigenvalue weighted by molar-refractivity contribution is 6.07. The Morgan fingerprint density at radius 2 is 1.19 bits per heavy atom. The first-order valence-corrected chi connectivity index (χ1v) is 21.0. The number of fused-ring (bicyclic) bond motifs is 1. The highest BCUT2D eigenvalue weighted by atomic mass is 19.1. The first-order valence-electron chi connectivity index (χ1n) is 21.0. The Morgan fingerprint density at radius 3 is 1.86 bits per heavy atom. The van der Waals surface area contributed by atoms with E-state index in [0.29, 0.717) is 39.0 Å². The second kappa shape index (κ2) is 17.8. The second-order valence-corrected chi connectivity index (χ2v) is 15.4. The lowest BCUT2D eigenvalue weighted by molar-refractivity contribution is 0.477. The fourth-order valence-electron chi connectivity index (χ4n) is 8.41. The molecule has 8 aromatic carbocycles. The number of nitrogens with zero attached hydrogens (tertiary/aromatic N) is 2. The lowest BCUT2D eigenvalue weighted by Gasteiger charge is -2.29. The van der Waals surface area contributed by atoms with Gasteiger partial charge in [0.2, 0.25) is 0 Å². The van der Waals surface area contributed by atoms with Crippen molar-refractivity contribution in [2.75, 3.05) is 9.80 Å². The number of allylic oxidation sites excluding steroid dienone is 6. The highest BCUT2D eigenvalue weighted by Gasteiger charge is 2.23. The van der Waals surface area contributed by atoms with Crippen LogP contribution in [0.1, 0.15) is 18.4 Å². The summed E-state index contributed by atoms with van der Waals surface area (Å²) >= 11 is 0. The molecule has 8 aromatic rings. The van der Waals surface area contributed by atoms with E-state index < -0.39 is 5.82 Å². The standard InChI is InChI=1S/C58H45FN2O2/c1-40(31-32-41(2)60(45-23-12-5-13-24-45)58-53(43-21-10-4-11-22-43)37-44(38-54(58)59)42-19-8-3-9-20-42)49-29-18-30-52-50(35-36-55(62)57(49)52)51-34-33-48(39-56(51)63)61(46-25-14-6-15-26-46)47-27-16-7-17-28-47/h3-6,8-16,18-39,62-63H,1-2,7,17H2. The fraction of sp³-hybridized carbons (Fsp3) is 0.0345. The molecule has 63 heavy (non-hydrogen) atoms. The van der Waals surface area contributed by atoms with Crippen LogP contribution in [0.4, 0.5) is 27.1 Å². The Labute approximate surface area is 368 Å². The van der Waals surface area contributed by atoms with Gasteiger partial charge in [-0.1, -0.05) is 147 Å². The van der Waals surface area contributed by atoms with Gasteiger partial charge in [0.15, 0.2) is 0 Å². The number of halogens is 1. The molecule has 0 fully saturated rings. The summed E-state index contributed by atoms with van der Waals surface area (Å²) in [4.78, 5) is 3.98. The molecule has 0 spiro atoms. The third-order valence-electron chi connectivity index (χ3n) is 11.4. The van der Waals surface area contributed by atoms with Crippen LogP contribution in [0.2, 0.25) is 0 Å². The Bertz CT molecular complexity index is 3060. The van der Waals surface area contributed by atoms with E-state index in [9.17, 15) is 10.2 Å². The molecule has 4 nitrogen and oxygen atoms in total. The number of aromatic hydroxyl groups is 2. The molecule has 9 rings (SSSR count). The molecule has 5 heteroatoms. The molecule has 0 saturated heterocycles. The van der Waals surface area contributed by atoms with E-state index in [-0.39, 0.29) is 11.5 Å². The van der Waals surface area contributed by atoms with Gasteiger partial charge in [0, 0.05) is 51.0 Å². The maximum atomic E-state index is 16.9. The third-order valence-corrected chi connectivity index (χ3v) is 11.4. The molecule has 0 aromatic heterocycles. The zero-order valence-corrected chi connectivity index (χ0v) is 34.7. The van der Waals surface area contributed by atoms with Crippen molar-refractivity contribution in [2.45, 2.75) is 12.8 Å². The molecule has 2 N–H and O–H groups in total. The van der Waals surface area contributed by atoms with E-state index in [4.69, 9.17) is 0 Å². The topological polar surface area (TPSA) is 46.9 Å². The molecule has 0 atom stereocenters. The van der Waals surface area contributed by atoms with Crippen LogP contribution in [0.15, 0.2) is 237 Å². The van der Waals surface area contributed by atoms with Crippen LogP contribution in [0.5, 0.6) is 11.5 Å². The molecule has 0 saturated carbocycles. The summed E-state index contributed by atoms with van der Waals surface area (Å²) in [7, 11) is 0. The molecule has 1 aliphatic rings. The summed E-state index contributed by atoms with van der Waals surface area (Å²) in [6.45, 7) is 8.93. The molecule has 1 aliphatic carbocycles. The predicted molar refractivity (Wildman–Crippen MR) is 261 cm³/mol. The van der Waals surface area contributed by atoms with Crippen LogP contribution in [0.25, 0.3) is 49.7 Å². The van der Waals surface area contributed by atoms with Crippen molar-refractivity contribution in [3.8, 4) is 44.9 Å². The van der Waals surface area contributed by atoms with Crippen molar-refractivity contribution >= 4 is 39.1 Å². The average Bonchev–Trinajstić information content (AvgIpc) is 3.33. The minimum Gasteiger partial charge on any atom is -0.507 e. The summed E-state index contributed by atoms with van der Waals surface area (Å²) in [6, 6.07) is 58.0. The smallest absolute Gasteiger partial charge is 0.148 e. The molecule has 0 heterocycles. The molecule has 306 valence electrons. The predicted octanol–water partition coefficient (Wildman–Crippen LogP) is 15.7. The van der Waals surface area contributed by atoms with Crippen LogP contribution in [-0.2, 0) is 0 Å². The summed E-state index contributed by atoms with van der Waals surface area (Å²) < 4.78 is 16.9. The second-order valence-electron chi connectivity index (χ2n) is 15.4. The molecule has 0 radical (unpaired) electrons. The van der Waals surface area contributed by atoms with Gasteiger partial charge >= 0.3 is 0 Å². The Morgan fingerprint density at radius 1 is 0.540 bits per heavy atom. The number of hydrogen-bond acceptors (Lipinski definition) is 4. The van der Waals surface area contributed by atoms with Gasteiger partial charge in [-0.15, -0.1) is 0 Å². The maximum absolute atomic E-state index is 16.9. The third kappa shape index (κ3) is 8.20. The number of phenols is 2. The normalized spacial score (nSPS) is 12.3. The van der Waals surface area contributed by atoms with E-state index in [1.807, 2.05) is 169 Å². The van der Waals surface area contributed by atoms with E-state index in [0.717, 1.165) is 63.2 Å². The average molecular weight is 821 g/mol. The van der Waals surface area contributed by atoms with Gasteiger partial charge in [-0.3, -0.25) is 0 Å². The van der Waals surface area contributed by atoms with Crippen molar-refractivity contribution < 1.29 is 14.6 Å². The zero-order valence-electron chi connectivity index (χ0n) is 34.7. The van der Waals surface area contributed by atoms with E-state index >= 15 is 4.39 Å². The van der Waals surface area contributed by atoms with Crippen LogP contribution in [-0.4, -0.2) is 10.2 Å². The van der Waals surface area contributed by atoms with Crippen molar-refractivity contribution in [2.24, 2.45) is 0 Å². The van der Waals surface area contributed by atoms with E-state index in [1.54, 1.807) is 18.2 Å². The van der Waals surface area contributed by atoms with E-state index in [1.165, 1.54) is 0 Å². The number of rotatable bonds is 12. The van der Waals surface area contributed by atoms with Gasteiger partial charge in [0.25, 0.3) is 0 Å². The van der Waals surface area contributed by atoms with Crippen LogP contribution < -0.4 is 9.80 Å². The number of hydrogen-bond donors (Lipinski definition) is 2. The lowest BCUT2D eigenvalue weighted by Crippen LogP contribution is -2.17. The minimum absolute atomic E-state index is 0.0825. The summed E-state index contributed by atoms with van der Waals surface area (Å²) in [5, 5.41) is 24.5. The molecule has 0 unspecified atom stereocenters. The van der Waals surface area contributed by atoms with Gasteiger partial charge in [0.1, 0.15) is 17.3 Å². The Kier molecular flexibility index (Phi) is 11.4. The van der Waals surface area contributed by atoms with Crippen LogP contribution in [0.3, 0.4) is 0 Å². The molecule has 0 amide bonds. The number of anilines is 4. The van der Waals surface area contributed by atoms with Gasteiger partial charge in [0.05, 0.1) is 5.69 Å². The Hall–Kier alpha value is -8.15. The highest BCUT2D eigenvalue weighted by Crippen LogP contribution is 2.45. The molecular weight excluding hydrogens is 776 g/mol. The van der Waals surface area contributed by atoms with Crippen molar-refractivity contribution in [1.29, 1.82) is 0 Å². The monoisotopic (exact) mass is 820 g/mol. The van der Waals surface area contributed by atoms with Crippen LogP contribution >= 0.6 is 0 Å². The summed E-state index contributed by atoms with van der Waals surface area (Å²) in [5.74, 6) is -0.203. The Balaban J connectivity index is 1.08. The van der Waals surface area contributed by atoms with Crippen molar-refractivity contribution in [1.82, 2.24) is 0 Å². The van der Waals surface area contributed by atoms with Crippen molar-refractivity contribution in [3.05, 3.63) is 248 Å². The first kappa shape index (κ1) is 40.3. The molecular formula is C58H45FN2O2. The maximum Gasteiger partial charge on any atom is 0.148 e. The van der Waals surface area contributed by atoms with Gasteiger partial charge in [-0.2, -0.15) is 0 Å². The molecule has 0 bridgehead atoms. The number of benzene rings is 8. The minimum atomic E-state index is -0.397.